The SMILES string of the molecule is Fc1ccc(CN2C[C@@H]3CCCN[C@@H]3C2)cc1Br. The van der Waals surface area contributed by atoms with Gasteiger partial charge in [0.05, 0.1) is 4.47 Å². The molecule has 2 saturated heterocycles. The van der Waals surface area contributed by atoms with Crippen LogP contribution in [0, 0.1) is 11.7 Å². The van der Waals surface area contributed by atoms with E-state index in [-0.39, 0.29) is 5.82 Å². The predicted octanol–water partition coefficient (Wildman–Crippen LogP) is 2.77. The Morgan fingerprint density at radius 1 is 1.39 bits per heavy atom. The molecule has 2 atom stereocenters. The molecule has 0 bridgehead atoms. The molecule has 3 rings (SSSR count). The Bertz CT molecular complexity index is 424. The van der Waals surface area contributed by atoms with Gasteiger partial charge in [-0.15, -0.1) is 0 Å². The second-order valence-electron chi connectivity index (χ2n) is 5.41. The predicted molar refractivity (Wildman–Crippen MR) is 73.9 cm³/mol. The van der Waals surface area contributed by atoms with Crippen LogP contribution in [0.5, 0.6) is 0 Å². The van der Waals surface area contributed by atoms with Crippen LogP contribution in [0.3, 0.4) is 0 Å². The minimum absolute atomic E-state index is 0.185. The average Bonchev–Trinajstić information content (AvgIpc) is 2.76. The molecule has 0 aliphatic carbocycles. The van der Waals surface area contributed by atoms with Gasteiger partial charge in [-0.2, -0.15) is 0 Å². The maximum absolute atomic E-state index is 13.2. The molecule has 98 valence electrons. The standard InChI is InChI=1S/C14H18BrFN2/c15-12-6-10(3-4-13(12)16)7-18-8-11-2-1-5-17-14(11)9-18/h3-4,6,11,14,17H,1-2,5,7-9H2/t11-,14+/m0/s1. The van der Waals surface area contributed by atoms with Gasteiger partial charge >= 0.3 is 0 Å². The van der Waals surface area contributed by atoms with E-state index < -0.39 is 0 Å². The zero-order valence-electron chi connectivity index (χ0n) is 10.3. The van der Waals surface area contributed by atoms with E-state index in [1.54, 1.807) is 6.07 Å². The fraction of sp³-hybridized carbons (Fsp3) is 0.571. The molecule has 0 amide bonds. The van der Waals surface area contributed by atoms with Crippen LogP contribution < -0.4 is 5.32 Å². The third kappa shape index (κ3) is 2.60. The number of nitrogens with one attached hydrogen (secondary N) is 1. The Labute approximate surface area is 116 Å². The van der Waals surface area contributed by atoms with Crippen LogP contribution in [0.25, 0.3) is 0 Å². The molecule has 2 fully saturated rings. The topological polar surface area (TPSA) is 15.3 Å². The van der Waals surface area contributed by atoms with Gasteiger partial charge in [-0.3, -0.25) is 4.90 Å². The number of halogens is 2. The Balaban J connectivity index is 1.64. The number of hydrogen-bond acceptors (Lipinski definition) is 2. The van der Waals surface area contributed by atoms with E-state index in [1.807, 2.05) is 12.1 Å². The average molecular weight is 313 g/mol. The first-order valence-electron chi connectivity index (χ1n) is 6.62. The zero-order chi connectivity index (χ0) is 12.5. The molecular weight excluding hydrogens is 295 g/mol. The van der Waals surface area contributed by atoms with Crippen molar-refractivity contribution in [2.45, 2.75) is 25.4 Å². The summed E-state index contributed by atoms with van der Waals surface area (Å²) >= 11 is 3.25. The van der Waals surface area contributed by atoms with Crippen LogP contribution in [-0.4, -0.2) is 30.6 Å². The van der Waals surface area contributed by atoms with Gasteiger partial charge in [0.25, 0.3) is 0 Å². The molecule has 0 radical (unpaired) electrons. The van der Waals surface area contributed by atoms with Crippen LogP contribution in [-0.2, 0) is 6.54 Å². The lowest BCUT2D eigenvalue weighted by Crippen LogP contribution is -2.40. The van der Waals surface area contributed by atoms with Gasteiger partial charge < -0.3 is 5.32 Å². The van der Waals surface area contributed by atoms with Gasteiger partial charge in [0.1, 0.15) is 5.82 Å². The summed E-state index contributed by atoms with van der Waals surface area (Å²) in [5.74, 6) is 0.623. The number of hydrogen-bond donors (Lipinski definition) is 1. The Kier molecular flexibility index (Phi) is 3.68. The molecule has 0 unspecified atom stereocenters. The van der Waals surface area contributed by atoms with Crippen molar-refractivity contribution >= 4 is 15.9 Å². The van der Waals surface area contributed by atoms with Gasteiger partial charge in [0.2, 0.25) is 0 Å². The van der Waals surface area contributed by atoms with Crippen molar-refractivity contribution in [1.82, 2.24) is 10.2 Å². The molecule has 4 heteroatoms. The second-order valence-corrected chi connectivity index (χ2v) is 6.26. The van der Waals surface area contributed by atoms with Crippen LogP contribution in [0.2, 0.25) is 0 Å². The molecule has 1 N–H and O–H groups in total. The molecule has 0 aromatic heterocycles. The third-order valence-corrected chi connectivity index (χ3v) is 4.67. The summed E-state index contributed by atoms with van der Waals surface area (Å²) in [6.45, 7) is 4.39. The van der Waals surface area contributed by atoms with Crippen molar-refractivity contribution in [3.05, 3.63) is 34.1 Å². The second kappa shape index (κ2) is 5.27. The molecule has 2 aliphatic rings. The van der Waals surface area contributed by atoms with Gasteiger partial charge in [0, 0.05) is 25.7 Å². The first-order chi connectivity index (χ1) is 8.72. The highest BCUT2D eigenvalue weighted by atomic mass is 79.9. The minimum Gasteiger partial charge on any atom is -0.312 e. The third-order valence-electron chi connectivity index (χ3n) is 4.07. The highest BCUT2D eigenvalue weighted by Gasteiger charge is 2.33. The first-order valence-corrected chi connectivity index (χ1v) is 7.41. The summed E-state index contributed by atoms with van der Waals surface area (Å²) in [4.78, 5) is 2.48. The molecule has 2 nitrogen and oxygen atoms in total. The van der Waals surface area contributed by atoms with Crippen molar-refractivity contribution in [3.8, 4) is 0 Å². The van der Waals surface area contributed by atoms with E-state index in [1.165, 1.54) is 24.9 Å². The smallest absolute Gasteiger partial charge is 0.137 e. The van der Waals surface area contributed by atoms with Crippen molar-refractivity contribution in [1.29, 1.82) is 0 Å². The normalized spacial score (nSPS) is 28.3. The monoisotopic (exact) mass is 312 g/mol. The number of piperidine rings is 1. The van der Waals surface area contributed by atoms with Crippen LogP contribution >= 0.6 is 15.9 Å². The highest BCUT2D eigenvalue weighted by molar-refractivity contribution is 9.10. The molecule has 0 saturated carbocycles. The molecule has 1 aromatic carbocycles. The lowest BCUT2D eigenvalue weighted by molar-refractivity contribution is 0.312. The van der Waals surface area contributed by atoms with Gasteiger partial charge in [-0.25, -0.2) is 4.39 Å². The van der Waals surface area contributed by atoms with Crippen molar-refractivity contribution < 1.29 is 4.39 Å². The number of fused-ring (bicyclic) bond motifs is 1. The molecule has 18 heavy (non-hydrogen) atoms. The van der Waals surface area contributed by atoms with E-state index in [4.69, 9.17) is 0 Å². The quantitative estimate of drug-likeness (QED) is 0.903. The van der Waals surface area contributed by atoms with Gasteiger partial charge in [-0.05, 0) is 58.9 Å². The number of benzene rings is 1. The van der Waals surface area contributed by atoms with E-state index in [2.05, 4.69) is 26.1 Å². The highest BCUT2D eigenvalue weighted by Crippen LogP contribution is 2.26. The maximum Gasteiger partial charge on any atom is 0.137 e. The Morgan fingerprint density at radius 2 is 2.28 bits per heavy atom. The summed E-state index contributed by atoms with van der Waals surface area (Å²) in [5, 5.41) is 3.61. The summed E-state index contributed by atoms with van der Waals surface area (Å²) in [6.07, 6.45) is 2.65. The first kappa shape index (κ1) is 12.6. The van der Waals surface area contributed by atoms with E-state index >= 15 is 0 Å². The summed E-state index contributed by atoms with van der Waals surface area (Å²) < 4.78 is 13.7. The molecule has 0 spiro atoms. The molecule has 1 aromatic rings. The molecular formula is C14H18BrFN2. The van der Waals surface area contributed by atoms with Gasteiger partial charge in [0.15, 0.2) is 0 Å². The van der Waals surface area contributed by atoms with Crippen LogP contribution in [0.1, 0.15) is 18.4 Å². The summed E-state index contributed by atoms with van der Waals surface area (Å²) in [6, 6.07) is 5.99. The Morgan fingerprint density at radius 3 is 3.06 bits per heavy atom. The number of rotatable bonds is 2. The fourth-order valence-electron chi connectivity index (χ4n) is 3.16. The largest absolute Gasteiger partial charge is 0.312 e. The molecule has 2 aliphatic heterocycles. The van der Waals surface area contributed by atoms with Gasteiger partial charge in [-0.1, -0.05) is 6.07 Å². The van der Waals surface area contributed by atoms with E-state index in [0.29, 0.717) is 10.5 Å². The van der Waals surface area contributed by atoms with Crippen molar-refractivity contribution in [2.75, 3.05) is 19.6 Å². The summed E-state index contributed by atoms with van der Waals surface area (Å²) in [7, 11) is 0. The zero-order valence-corrected chi connectivity index (χ0v) is 11.9. The lowest BCUT2D eigenvalue weighted by Gasteiger charge is -2.24. The van der Waals surface area contributed by atoms with E-state index in [0.717, 1.165) is 25.6 Å². The number of nitrogens with zero attached hydrogens (tertiary/aromatic N) is 1. The fourth-order valence-corrected chi connectivity index (χ4v) is 3.59. The van der Waals surface area contributed by atoms with E-state index in [9.17, 15) is 4.39 Å². The lowest BCUT2D eigenvalue weighted by atomic mass is 9.94. The van der Waals surface area contributed by atoms with Crippen LogP contribution in [0.15, 0.2) is 22.7 Å². The van der Waals surface area contributed by atoms with Crippen molar-refractivity contribution in [3.63, 3.8) is 0 Å². The summed E-state index contributed by atoms with van der Waals surface area (Å²) in [5.41, 5.74) is 1.18. The van der Waals surface area contributed by atoms with Crippen molar-refractivity contribution in [2.24, 2.45) is 5.92 Å². The number of likely N-dealkylation sites (tertiary alicyclic amines) is 1. The maximum atomic E-state index is 13.2. The van der Waals surface area contributed by atoms with Crippen LogP contribution in [0.4, 0.5) is 4.39 Å². The minimum atomic E-state index is -0.185. The molecule has 2 heterocycles. The Hall–Kier alpha value is -0.450.